The SMILES string of the molecule is CCN(CC(=O)Nc1cc(OC)ccc1OC)c1cc(C)cc(C)c1. The van der Waals surface area contributed by atoms with E-state index in [1.54, 1.807) is 32.4 Å². The molecular formula is C20H26N2O3. The maximum atomic E-state index is 12.5. The third-order valence-electron chi connectivity index (χ3n) is 3.97. The van der Waals surface area contributed by atoms with Gasteiger partial charge in [-0.25, -0.2) is 0 Å². The van der Waals surface area contributed by atoms with Crippen molar-refractivity contribution in [2.45, 2.75) is 20.8 Å². The molecule has 5 nitrogen and oxygen atoms in total. The second-order valence-corrected chi connectivity index (χ2v) is 5.97. The highest BCUT2D eigenvalue weighted by atomic mass is 16.5. The van der Waals surface area contributed by atoms with Gasteiger partial charge in [-0.15, -0.1) is 0 Å². The van der Waals surface area contributed by atoms with Crippen LogP contribution in [0.5, 0.6) is 11.5 Å². The van der Waals surface area contributed by atoms with Gasteiger partial charge in [-0.2, -0.15) is 0 Å². The average Bonchev–Trinajstić information content (AvgIpc) is 2.58. The lowest BCUT2D eigenvalue weighted by Crippen LogP contribution is -2.33. The molecule has 0 atom stereocenters. The van der Waals surface area contributed by atoms with E-state index in [0.29, 0.717) is 17.2 Å². The Bertz CT molecular complexity index is 723. The largest absolute Gasteiger partial charge is 0.497 e. The Morgan fingerprint density at radius 2 is 1.72 bits per heavy atom. The summed E-state index contributed by atoms with van der Waals surface area (Å²) in [5.41, 5.74) is 4.02. The molecule has 0 unspecified atom stereocenters. The summed E-state index contributed by atoms with van der Waals surface area (Å²) in [4.78, 5) is 14.6. The number of rotatable bonds is 7. The van der Waals surface area contributed by atoms with E-state index in [9.17, 15) is 4.79 Å². The van der Waals surface area contributed by atoms with E-state index >= 15 is 0 Å². The van der Waals surface area contributed by atoms with Gasteiger partial charge in [0.2, 0.25) is 5.91 Å². The third-order valence-corrected chi connectivity index (χ3v) is 3.97. The molecule has 0 aliphatic rings. The van der Waals surface area contributed by atoms with Gasteiger partial charge >= 0.3 is 0 Å². The molecule has 2 aromatic rings. The number of likely N-dealkylation sites (N-methyl/N-ethyl adjacent to an activating group) is 1. The molecule has 0 heterocycles. The lowest BCUT2D eigenvalue weighted by atomic mass is 10.1. The van der Waals surface area contributed by atoms with Gasteiger partial charge in [0.05, 0.1) is 26.5 Å². The van der Waals surface area contributed by atoms with Crippen LogP contribution >= 0.6 is 0 Å². The standard InChI is InChI=1S/C20H26N2O3/c1-6-22(16-10-14(2)9-15(3)11-16)13-20(23)21-18-12-17(24-4)7-8-19(18)25-5/h7-12H,6,13H2,1-5H3,(H,21,23). The molecule has 2 rings (SSSR count). The second kappa shape index (κ2) is 8.42. The Labute approximate surface area is 149 Å². The van der Waals surface area contributed by atoms with Crippen LogP contribution in [0.3, 0.4) is 0 Å². The molecule has 0 saturated heterocycles. The van der Waals surface area contributed by atoms with E-state index in [4.69, 9.17) is 9.47 Å². The van der Waals surface area contributed by atoms with Gasteiger partial charge < -0.3 is 19.7 Å². The maximum Gasteiger partial charge on any atom is 0.243 e. The van der Waals surface area contributed by atoms with Crippen molar-refractivity contribution in [3.8, 4) is 11.5 Å². The predicted octanol–water partition coefficient (Wildman–Crippen LogP) is 3.79. The molecule has 0 spiro atoms. The highest BCUT2D eigenvalue weighted by Gasteiger charge is 2.13. The van der Waals surface area contributed by atoms with Crippen LogP contribution in [0, 0.1) is 13.8 Å². The first-order valence-corrected chi connectivity index (χ1v) is 8.32. The van der Waals surface area contributed by atoms with Crippen molar-refractivity contribution in [3.63, 3.8) is 0 Å². The maximum absolute atomic E-state index is 12.5. The van der Waals surface area contributed by atoms with E-state index in [0.717, 1.165) is 12.2 Å². The molecule has 0 bridgehead atoms. The number of benzene rings is 2. The monoisotopic (exact) mass is 342 g/mol. The number of anilines is 2. The molecule has 134 valence electrons. The van der Waals surface area contributed by atoms with Crippen LogP contribution < -0.4 is 19.7 Å². The Kier molecular flexibility index (Phi) is 6.28. The van der Waals surface area contributed by atoms with E-state index in [1.165, 1.54) is 11.1 Å². The first-order chi connectivity index (χ1) is 12.0. The smallest absolute Gasteiger partial charge is 0.243 e. The lowest BCUT2D eigenvalue weighted by Gasteiger charge is -2.23. The summed E-state index contributed by atoms with van der Waals surface area (Å²) >= 11 is 0. The summed E-state index contributed by atoms with van der Waals surface area (Å²) in [6.45, 7) is 7.17. The number of carbonyl (C=O) groups excluding carboxylic acids is 1. The van der Waals surface area contributed by atoms with Crippen LogP contribution in [0.25, 0.3) is 0 Å². The van der Waals surface area contributed by atoms with Gasteiger partial charge in [0.25, 0.3) is 0 Å². The summed E-state index contributed by atoms with van der Waals surface area (Å²) in [6, 6.07) is 11.6. The van der Waals surface area contributed by atoms with Gasteiger partial charge in [-0.3, -0.25) is 4.79 Å². The first kappa shape index (κ1) is 18.6. The predicted molar refractivity (Wildman–Crippen MR) is 102 cm³/mol. The molecule has 0 aliphatic heterocycles. The third kappa shape index (κ3) is 4.89. The summed E-state index contributed by atoms with van der Waals surface area (Å²) in [5.74, 6) is 1.16. The lowest BCUT2D eigenvalue weighted by molar-refractivity contribution is -0.115. The minimum absolute atomic E-state index is 0.104. The number of ether oxygens (including phenoxy) is 2. The number of aryl methyl sites for hydroxylation is 2. The zero-order valence-corrected chi connectivity index (χ0v) is 15.6. The van der Waals surface area contributed by atoms with Crippen LogP contribution in [0.1, 0.15) is 18.1 Å². The van der Waals surface area contributed by atoms with E-state index in [-0.39, 0.29) is 12.5 Å². The molecule has 1 amide bonds. The van der Waals surface area contributed by atoms with Gasteiger partial charge in [0.1, 0.15) is 11.5 Å². The number of amides is 1. The molecule has 0 aliphatic carbocycles. The Hall–Kier alpha value is -2.69. The molecule has 1 N–H and O–H groups in total. The van der Waals surface area contributed by atoms with Crippen molar-refractivity contribution in [2.24, 2.45) is 0 Å². The quantitative estimate of drug-likeness (QED) is 0.832. The van der Waals surface area contributed by atoms with Gasteiger partial charge in [0, 0.05) is 18.3 Å². The van der Waals surface area contributed by atoms with Crippen molar-refractivity contribution in [1.82, 2.24) is 0 Å². The van der Waals surface area contributed by atoms with E-state index < -0.39 is 0 Å². The van der Waals surface area contributed by atoms with Crippen molar-refractivity contribution >= 4 is 17.3 Å². The van der Waals surface area contributed by atoms with E-state index in [2.05, 4.69) is 37.4 Å². The minimum Gasteiger partial charge on any atom is -0.497 e. The van der Waals surface area contributed by atoms with Crippen LogP contribution in [0.4, 0.5) is 11.4 Å². The fourth-order valence-corrected chi connectivity index (χ4v) is 2.79. The Morgan fingerprint density at radius 3 is 2.28 bits per heavy atom. The van der Waals surface area contributed by atoms with Crippen molar-refractivity contribution in [2.75, 3.05) is 37.5 Å². The molecule has 0 radical (unpaired) electrons. The van der Waals surface area contributed by atoms with Crippen molar-refractivity contribution in [3.05, 3.63) is 47.5 Å². The summed E-state index contributed by atoms with van der Waals surface area (Å²) in [5, 5.41) is 2.91. The number of hydrogen-bond acceptors (Lipinski definition) is 4. The zero-order chi connectivity index (χ0) is 18.4. The number of nitrogens with zero attached hydrogens (tertiary/aromatic N) is 1. The van der Waals surface area contributed by atoms with Crippen LogP contribution in [0.2, 0.25) is 0 Å². The number of nitrogens with one attached hydrogen (secondary N) is 1. The van der Waals surface area contributed by atoms with Crippen LogP contribution in [-0.2, 0) is 4.79 Å². The fraction of sp³-hybridized carbons (Fsp3) is 0.350. The van der Waals surface area contributed by atoms with Crippen LogP contribution in [-0.4, -0.2) is 33.2 Å². The van der Waals surface area contributed by atoms with Gasteiger partial charge in [-0.1, -0.05) is 6.07 Å². The molecular weight excluding hydrogens is 316 g/mol. The molecule has 0 aromatic heterocycles. The Balaban J connectivity index is 2.15. The summed E-state index contributed by atoms with van der Waals surface area (Å²) < 4.78 is 10.5. The number of carbonyl (C=O) groups is 1. The summed E-state index contributed by atoms with van der Waals surface area (Å²) in [7, 11) is 3.16. The highest BCUT2D eigenvalue weighted by molar-refractivity contribution is 5.95. The highest BCUT2D eigenvalue weighted by Crippen LogP contribution is 2.29. The zero-order valence-electron chi connectivity index (χ0n) is 15.6. The fourth-order valence-electron chi connectivity index (χ4n) is 2.79. The van der Waals surface area contributed by atoms with Crippen molar-refractivity contribution in [1.29, 1.82) is 0 Å². The van der Waals surface area contributed by atoms with Gasteiger partial charge in [0.15, 0.2) is 0 Å². The molecule has 25 heavy (non-hydrogen) atoms. The number of methoxy groups -OCH3 is 2. The molecule has 5 heteroatoms. The molecule has 0 saturated carbocycles. The summed E-state index contributed by atoms with van der Waals surface area (Å²) in [6.07, 6.45) is 0. The van der Waals surface area contributed by atoms with Crippen molar-refractivity contribution < 1.29 is 14.3 Å². The molecule has 2 aromatic carbocycles. The molecule has 0 fully saturated rings. The first-order valence-electron chi connectivity index (χ1n) is 8.32. The van der Waals surface area contributed by atoms with E-state index in [1.807, 2.05) is 11.8 Å². The number of hydrogen-bond donors (Lipinski definition) is 1. The average molecular weight is 342 g/mol. The van der Waals surface area contributed by atoms with Gasteiger partial charge in [-0.05, 0) is 56.2 Å². The normalized spacial score (nSPS) is 10.3. The minimum atomic E-state index is -0.104. The Morgan fingerprint density at radius 1 is 1.04 bits per heavy atom. The second-order valence-electron chi connectivity index (χ2n) is 5.97. The van der Waals surface area contributed by atoms with Crippen LogP contribution in [0.15, 0.2) is 36.4 Å². The topological polar surface area (TPSA) is 50.8 Å².